The van der Waals surface area contributed by atoms with Crippen LogP contribution in [0.3, 0.4) is 0 Å². The molecule has 4 nitrogen and oxygen atoms in total. The molecule has 1 heterocycles. The Morgan fingerprint density at radius 1 is 1.22 bits per heavy atom. The van der Waals surface area contributed by atoms with Crippen LogP contribution in [0.1, 0.15) is 5.56 Å². The summed E-state index contributed by atoms with van der Waals surface area (Å²) in [5.74, 6) is 0.200. The monoisotopic (exact) mass is 365 g/mol. The minimum Gasteiger partial charge on any atom is -0.351 e. The lowest BCUT2D eigenvalue weighted by atomic mass is 10.2. The van der Waals surface area contributed by atoms with Crippen LogP contribution in [0.4, 0.5) is 0 Å². The van der Waals surface area contributed by atoms with Crippen LogP contribution in [0, 0.1) is 0 Å². The molecule has 0 spiro atoms. The average Bonchev–Trinajstić information content (AvgIpc) is 2.94. The molecule has 0 aliphatic carbocycles. The minimum atomic E-state index is -0.0755. The number of carbonyl (C=O) groups excluding carboxylic acids is 1. The van der Waals surface area contributed by atoms with Crippen LogP contribution >= 0.6 is 35.0 Å². The Morgan fingerprint density at radius 3 is 2.87 bits per heavy atom. The van der Waals surface area contributed by atoms with Crippen molar-refractivity contribution in [1.29, 1.82) is 0 Å². The Kier molecular flexibility index (Phi) is 5.10. The highest BCUT2D eigenvalue weighted by atomic mass is 35.5. The van der Waals surface area contributed by atoms with E-state index >= 15 is 0 Å². The molecule has 118 valence electrons. The molecule has 0 saturated heterocycles. The Labute approximate surface area is 147 Å². The summed E-state index contributed by atoms with van der Waals surface area (Å²) in [5.41, 5.74) is 2.58. The van der Waals surface area contributed by atoms with Gasteiger partial charge in [-0.15, -0.1) is 0 Å². The van der Waals surface area contributed by atoms with Gasteiger partial charge < -0.3 is 10.3 Å². The third-order valence-corrected chi connectivity index (χ3v) is 4.67. The number of carbonyl (C=O) groups is 1. The van der Waals surface area contributed by atoms with Crippen molar-refractivity contribution in [2.24, 2.45) is 0 Å². The summed E-state index contributed by atoms with van der Waals surface area (Å²) in [6.45, 7) is 0.412. The van der Waals surface area contributed by atoms with E-state index in [1.54, 1.807) is 12.1 Å². The van der Waals surface area contributed by atoms with Gasteiger partial charge in [-0.25, -0.2) is 4.98 Å². The number of rotatable bonds is 5. The number of halogens is 2. The van der Waals surface area contributed by atoms with E-state index < -0.39 is 0 Å². The maximum absolute atomic E-state index is 11.9. The van der Waals surface area contributed by atoms with Crippen LogP contribution in [-0.4, -0.2) is 21.6 Å². The van der Waals surface area contributed by atoms with E-state index in [4.69, 9.17) is 23.2 Å². The van der Waals surface area contributed by atoms with Crippen LogP contribution in [0.2, 0.25) is 10.0 Å². The van der Waals surface area contributed by atoms with Crippen molar-refractivity contribution in [2.45, 2.75) is 11.7 Å². The zero-order valence-electron chi connectivity index (χ0n) is 12.0. The van der Waals surface area contributed by atoms with E-state index in [0.29, 0.717) is 21.7 Å². The molecule has 0 bridgehead atoms. The summed E-state index contributed by atoms with van der Waals surface area (Å²) < 4.78 is 0. The molecule has 3 aromatic rings. The van der Waals surface area contributed by atoms with Gasteiger partial charge in [0, 0.05) is 16.6 Å². The number of benzene rings is 2. The van der Waals surface area contributed by atoms with Crippen molar-refractivity contribution in [3.05, 3.63) is 58.1 Å². The van der Waals surface area contributed by atoms with Gasteiger partial charge in [0.15, 0.2) is 5.16 Å². The van der Waals surface area contributed by atoms with E-state index in [-0.39, 0.29) is 11.7 Å². The fraction of sp³-hybridized carbons (Fsp3) is 0.125. The normalized spacial score (nSPS) is 10.9. The molecule has 3 rings (SSSR count). The first kappa shape index (κ1) is 16.2. The predicted molar refractivity (Wildman–Crippen MR) is 95.1 cm³/mol. The number of nitrogens with zero attached hydrogens (tertiary/aromatic N) is 1. The third-order valence-electron chi connectivity index (χ3n) is 3.20. The molecule has 7 heteroatoms. The number of nitrogens with one attached hydrogen (secondary N) is 2. The molecule has 2 N–H and O–H groups in total. The summed E-state index contributed by atoms with van der Waals surface area (Å²) in [6.07, 6.45) is 0. The Bertz CT molecular complexity index is 850. The highest BCUT2D eigenvalue weighted by Gasteiger charge is 2.08. The molecule has 1 amide bonds. The number of hydrogen-bond acceptors (Lipinski definition) is 3. The number of H-pyrrole nitrogens is 1. The number of aromatic nitrogens is 2. The first-order valence-corrected chi connectivity index (χ1v) is 8.64. The molecular weight excluding hydrogens is 353 g/mol. The average molecular weight is 366 g/mol. The Balaban J connectivity index is 1.54. The van der Waals surface area contributed by atoms with Crippen molar-refractivity contribution < 1.29 is 4.79 Å². The Hall–Kier alpha value is -1.69. The van der Waals surface area contributed by atoms with Crippen molar-refractivity contribution in [3.63, 3.8) is 0 Å². The number of hydrogen-bond donors (Lipinski definition) is 2. The largest absolute Gasteiger partial charge is 0.351 e. The van der Waals surface area contributed by atoms with Gasteiger partial charge in [-0.1, -0.05) is 53.2 Å². The fourth-order valence-corrected chi connectivity index (χ4v) is 3.14. The van der Waals surface area contributed by atoms with E-state index in [1.165, 1.54) is 11.8 Å². The van der Waals surface area contributed by atoms with Gasteiger partial charge >= 0.3 is 0 Å². The van der Waals surface area contributed by atoms with E-state index in [0.717, 1.165) is 16.6 Å². The van der Waals surface area contributed by atoms with Gasteiger partial charge in [0.25, 0.3) is 0 Å². The van der Waals surface area contributed by atoms with Gasteiger partial charge in [0.2, 0.25) is 5.91 Å². The summed E-state index contributed by atoms with van der Waals surface area (Å²) in [7, 11) is 0. The SMILES string of the molecule is O=C(CSc1nc2ccc(Cl)cc2[nH]1)NCc1ccccc1Cl. The van der Waals surface area contributed by atoms with Crippen LogP contribution in [0.25, 0.3) is 11.0 Å². The summed E-state index contributed by atoms with van der Waals surface area (Å²) in [4.78, 5) is 19.5. The van der Waals surface area contributed by atoms with Crippen LogP contribution in [0.15, 0.2) is 47.6 Å². The first-order chi connectivity index (χ1) is 11.1. The molecule has 0 radical (unpaired) electrons. The van der Waals surface area contributed by atoms with Crippen molar-refractivity contribution in [2.75, 3.05) is 5.75 Å². The maximum atomic E-state index is 11.9. The summed E-state index contributed by atoms with van der Waals surface area (Å²) in [5, 5.41) is 4.83. The number of imidazole rings is 1. The molecule has 0 aliphatic rings. The maximum Gasteiger partial charge on any atom is 0.230 e. The van der Waals surface area contributed by atoms with Gasteiger partial charge in [0.05, 0.1) is 16.8 Å². The second-order valence-corrected chi connectivity index (χ2v) is 6.67. The molecule has 0 unspecified atom stereocenters. The summed E-state index contributed by atoms with van der Waals surface area (Å²) >= 11 is 13.3. The van der Waals surface area contributed by atoms with Crippen LogP contribution in [-0.2, 0) is 11.3 Å². The lowest BCUT2D eigenvalue weighted by Gasteiger charge is -2.06. The predicted octanol–water partition coefficient (Wildman–Crippen LogP) is 4.28. The van der Waals surface area contributed by atoms with Crippen molar-refractivity contribution in [1.82, 2.24) is 15.3 Å². The molecule has 0 aliphatic heterocycles. The molecule has 0 atom stereocenters. The fourth-order valence-electron chi connectivity index (χ4n) is 2.05. The number of aromatic amines is 1. The summed E-state index contributed by atoms with van der Waals surface area (Å²) in [6, 6.07) is 12.9. The standard InChI is InChI=1S/C16H13Cl2N3OS/c17-11-5-6-13-14(7-11)21-16(20-13)23-9-15(22)19-8-10-3-1-2-4-12(10)18/h1-7H,8-9H2,(H,19,22)(H,20,21). The Morgan fingerprint density at radius 2 is 2.04 bits per heavy atom. The molecule has 1 aromatic heterocycles. The smallest absolute Gasteiger partial charge is 0.230 e. The molecule has 0 fully saturated rings. The minimum absolute atomic E-state index is 0.0755. The molecule has 0 saturated carbocycles. The van der Waals surface area contributed by atoms with E-state index in [9.17, 15) is 4.79 Å². The number of thioether (sulfide) groups is 1. The zero-order valence-corrected chi connectivity index (χ0v) is 14.3. The van der Waals surface area contributed by atoms with E-state index in [1.807, 2.05) is 30.3 Å². The topological polar surface area (TPSA) is 57.8 Å². The lowest BCUT2D eigenvalue weighted by molar-refractivity contribution is -0.118. The second-order valence-electron chi connectivity index (χ2n) is 4.86. The lowest BCUT2D eigenvalue weighted by Crippen LogP contribution is -2.24. The zero-order chi connectivity index (χ0) is 16.2. The molecule has 23 heavy (non-hydrogen) atoms. The highest BCUT2D eigenvalue weighted by molar-refractivity contribution is 7.99. The van der Waals surface area contributed by atoms with Gasteiger partial charge in [-0.2, -0.15) is 0 Å². The molecule has 2 aromatic carbocycles. The van der Waals surface area contributed by atoms with Crippen molar-refractivity contribution in [3.8, 4) is 0 Å². The van der Waals surface area contributed by atoms with Gasteiger partial charge in [-0.3, -0.25) is 4.79 Å². The highest BCUT2D eigenvalue weighted by Crippen LogP contribution is 2.22. The molecular formula is C16H13Cl2N3OS. The number of amides is 1. The van der Waals surface area contributed by atoms with Crippen molar-refractivity contribution >= 4 is 51.9 Å². The third kappa shape index (κ3) is 4.19. The van der Waals surface area contributed by atoms with Gasteiger partial charge in [-0.05, 0) is 29.8 Å². The number of fused-ring (bicyclic) bond motifs is 1. The van der Waals surface area contributed by atoms with E-state index in [2.05, 4.69) is 15.3 Å². The quantitative estimate of drug-likeness (QED) is 0.663. The van der Waals surface area contributed by atoms with Crippen LogP contribution in [0.5, 0.6) is 0 Å². The van der Waals surface area contributed by atoms with Gasteiger partial charge in [0.1, 0.15) is 0 Å². The first-order valence-electron chi connectivity index (χ1n) is 6.90. The van der Waals surface area contributed by atoms with Crippen LogP contribution < -0.4 is 5.32 Å². The second kappa shape index (κ2) is 7.25.